The second-order valence-corrected chi connectivity index (χ2v) is 9.29. The van der Waals surface area contributed by atoms with Gasteiger partial charge in [0.05, 0.1) is 6.61 Å². The Labute approximate surface area is 138 Å². The van der Waals surface area contributed by atoms with E-state index in [2.05, 4.69) is 26.0 Å². The molecule has 3 nitrogen and oxygen atoms in total. The number of allylic oxidation sites excluding steroid dienone is 3. The molecule has 0 spiro atoms. The third-order valence-corrected chi connectivity index (χ3v) is 7.81. The maximum Gasteiger partial charge on any atom is 0.203 e. The number of Topliss-reactive ketones (excluding diaryl/α,β-unsaturated/α-hetero) is 1. The summed E-state index contributed by atoms with van der Waals surface area (Å²) in [7, 11) is 0. The molecule has 4 aliphatic rings. The first-order valence-electron chi connectivity index (χ1n) is 9.00. The van der Waals surface area contributed by atoms with Crippen molar-refractivity contribution < 1.29 is 15.0 Å². The molecule has 7 atom stereocenters. The van der Waals surface area contributed by atoms with Gasteiger partial charge in [-0.15, -0.1) is 0 Å². The third-order valence-electron chi connectivity index (χ3n) is 7.81. The van der Waals surface area contributed by atoms with Crippen LogP contribution in [-0.4, -0.2) is 22.6 Å². The molecule has 7 unspecified atom stereocenters. The number of aliphatic hydroxyl groups excluding tert-OH is 2. The average molecular weight is 316 g/mol. The van der Waals surface area contributed by atoms with Crippen LogP contribution in [0, 0.1) is 39.9 Å². The normalized spacial score (nSPS) is 54.4. The van der Waals surface area contributed by atoms with Crippen LogP contribution in [0.1, 0.15) is 46.5 Å². The van der Waals surface area contributed by atoms with Crippen molar-refractivity contribution >= 4 is 5.78 Å². The largest absolute Gasteiger partial charge is 0.505 e. The van der Waals surface area contributed by atoms with Crippen molar-refractivity contribution in [3.8, 4) is 0 Å². The highest BCUT2D eigenvalue weighted by Gasteiger charge is 2.63. The number of hydrogen-bond acceptors (Lipinski definition) is 3. The van der Waals surface area contributed by atoms with Gasteiger partial charge in [0, 0.05) is 10.8 Å². The Morgan fingerprint density at radius 3 is 2.65 bits per heavy atom. The van der Waals surface area contributed by atoms with Crippen LogP contribution in [0.25, 0.3) is 0 Å². The van der Waals surface area contributed by atoms with Crippen molar-refractivity contribution in [2.45, 2.75) is 46.5 Å². The van der Waals surface area contributed by atoms with Crippen LogP contribution >= 0.6 is 0 Å². The highest BCUT2D eigenvalue weighted by Crippen LogP contribution is 2.66. The number of carbonyl (C=O) groups is 1. The zero-order valence-corrected chi connectivity index (χ0v) is 14.4. The molecule has 4 rings (SSSR count). The molecule has 0 amide bonds. The van der Waals surface area contributed by atoms with Crippen molar-refractivity contribution in [1.82, 2.24) is 0 Å². The van der Waals surface area contributed by atoms with Gasteiger partial charge in [-0.1, -0.05) is 32.9 Å². The number of hydrogen-bond donors (Lipinski definition) is 2. The quantitative estimate of drug-likeness (QED) is 0.726. The van der Waals surface area contributed by atoms with E-state index < -0.39 is 10.8 Å². The van der Waals surface area contributed by atoms with E-state index in [1.807, 2.05) is 6.92 Å². The Balaban J connectivity index is 1.82. The molecule has 0 heterocycles. The fourth-order valence-corrected chi connectivity index (χ4v) is 6.67. The summed E-state index contributed by atoms with van der Waals surface area (Å²) in [5, 5.41) is 20.3. The van der Waals surface area contributed by atoms with Gasteiger partial charge in [0.1, 0.15) is 0 Å². The fourth-order valence-electron chi connectivity index (χ4n) is 6.67. The Kier molecular flexibility index (Phi) is 3.02. The maximum atomic E-state index is 13.1. The molecule has 126 valence electrons. The number of rotatable bonds is 1. The van der Waals surface area contributed by atoms with Gasteiger partial charge in [-0.3, -0.25) is 4.79 Å². The molecule has 2 saturated carbocycles. The van der Waals surface area contributed by atoms with Crippen molar-refractivity contribution in [3.63, 3.8) is 0 Å². The van der Waals surface area contributed by atoms with Gasteiger partial charge in [-0.25, -0.2) is 0 Å². The first-order chi connectivity index (χ1) is 10.7. The highest BCUT2D eigenvalue weighted by molar-refractivity contribution is 5.99. The number of carbonyl (C=O) groups excluding carboxylic acids is 1. The summed E-state index contributed by atoms with van der Waals surface area (Å²) in [5.41, 5.74) is -0.850. The van der Waals surface area contributed by atoms with Gasteiger partial charge in [-0.05, 0) is 60.8 Å². The molecule has 2 fully saturated rings. The summed E-state index contributed by atoms with van der Waals surface area (Å²) in [5.74, 6) is 1.32. The molecular weight excluding hydrogens is 288 g/mol. The highest BCUT2D eigenvalue weighted by atomic mass is 16.3. The Morgan fingerprint density at radius 1 is 1.22 bits per heavy atom. The summed E-state index contributed by atoms with van der Waals surface area (Å²) < 4.78 is 0. The summed E-state index contributed by atoms with van der Waals surface area (Å²) in [6, 6.07) is 0. The molecule has 0 saturated heterocycles. The van der Waals surface area contributed by atoms with Crippen molar-refractivity contribution in [3.05, 3.63) is 24.0 Å². The molecule has 0 aromatic heterocycles. The van der Waals surface area contributed by atoms with Crippen LogP contribution < -0.4 is 0 Å². The van der Waals surface area contributed by atoms with E-state index in [0.29, 0.717) is 17.8 Å². The van der Waals surface area contributed by atoms with E-state index >= 15 is 0 Å². The lowest BCUT2D eigenvalue weighted by Gasteiger charge is -2.60. The minimum absolute atomic E-state index is 0.0130. The van der Waals surface area contributed by atoms with E-state index in [-0.39, 0.29) is 29.5 Å². The number of ketones is 1. The van der Waals surface area contributed by atoms with Crippen molar-refractivity contribution in [2.24, 2.45) is 39.9 Å². The van der Waals surface area contributed by atoms with E-state index in [1.165, 1.54) is 6.42 Å². The first-order valence-corrected chi connectivity index (χ1v) is 9.00. The smallest absolute Gasteiger partial charge is 0.203 e. The zero-order valence-electron chi connectivity index (χ0n) is 14.4. The summed E-state index contributed by atoms with van der Waals surface area (Å²) in [4.78, 5) is 13.1. The van der Waals surface area contributed by atoms with E-state index in [4.69, 9.17) is 0 Å². The van der Waals surface area contributed by atoms with E-state index in [0.717, 1.165) is 19.3 Å². The maximum absolute atomic E-state index is 13.1. The third kappa shape index (κ3) is 1.83. The molecule has 3 heteroatoms. The molecule has 23 heavy (non-hydrogen) atoms. The molecule has 0 aromatic carbocycles. The van der Waals surface area contributed by atoms with E-state index in [9.17, 15) is 15.0 Å². The number of aliphatic hydroxyl groups is 2. The van der Waals surface area contributed by atoms with Gasteiger partial charge in [0.15, 0.2) is 5.76 Å². The SMILES string of the molecule is CC12C=CC(C1)C1CCC3C(C)(CO)C=C(O)C(=O)C3(C)C1C2. The second-order valence-electron chi connectivity index (χ2n) is 9.29. The predicted molar refractivity (Wildman–Crippen MR) is 88.7 cm³/mol. The molecule has 2 bridgehead atoms. The number of fused-ring (bicyclic) bond motifs is 6. The van der Waals surface area contributed by atoms with Crippen LogP contribution in [0.2, 0.25) is 0 Å². The second kappa shape index (κ2) is 4.50. The lowest BCUT2D eigenvalue weighted by molar-refractivity contribution is -0.157. The molecule has 4 aliphatic carbocycles. The van der Waals surface area contributed by atoms with Gasteiger partial charge in [0.25, 0.3) is 0 Å². The molecule has 0 aliphatic heterocycles. The van der Waals surface area contributed by atoms with Gasteiger partial charge < -0.3 is 10.2 Å². The average Bonchev–Trinajstić information content (AvgIpc) is 2.82. The summed E-state index contributed by atoms with van der Waals surface area (Å²) >= 11 is 0. The van der Waals surface area contributed by atoms with E-state index in [1.54, 1.807) is 6.08 Å². The van der Waals surface area contributed by atoms with Crippen molar-refractivity contribution in [1.29, 1.82) is 0 Å². The Bertz CT molecular complexity index is 620. The van der Waals surface area contributed by atoms with Crippen molar-refractivity contribution in [2.75, 3.05) is 6.61 Å². The summed E-state index contributed by atoms with van der Waals surface area (Å²) in [6.45, 7) is 6.36. The van der Waals surface area contributed by atoms with Crippen LogP contribution in [0.3, 0.4) is 0 Å². The minimum Gasteiger partial charge on any atom is -0.505 e. The molecular formula is C20H28O3. The van der Waals surface area contributed by atoms with Crippen LogP contribution in [-0.2, 0) is 4.79 Å². The monoisotopic (exact) mass is 316 g/mol. The Morgan fingerprint density at radius 2 is 1.96 bits per heavy atom. The first kappa shape index (κ1) is 15.4. The fraction of sp³-hybridized carbons (Fsp3) is 0.750. The topological polar surface area (TPSA) is 57.5 Å². The van der Waals surface area contributed by atoms with Crippen LogP contribution in [0.4, 0.5) is 0 Å². The standard InChI is InChI=1S/C20H28O3/c1-18-7-6-12(8-18)13-4-5-16-19(2,11-21)10-15(22)17(23)20(16,3)14(13)9-18/h6-7,10,12-14,16,21-22H,4-5,8-9,11H2,1-3H3. The van der Waals surface area contributed by atoms with Gasteiger partial charge >= 0.3 is 0 Å². The molecule has 2 N–H and O–H groups in total. The van der Waals surface area contributed by atoms with Crippen LogP contribution in [0.15, 0.2) is 24.0 Å². The lowest BCUT2D eigenvalue weighted by atomic mass is 9.43. The minimum atomic E-state index is -0.550. The van der Waals surface area contributed by atoms with Gasteiger partial charge in [0.2, 0.25) is 5.78 Å². The lowest BCUT2D eigenvalue weighted by Crippen LogP contribution is -2.59. The molecule has 0 aromatic rings. The predicted octanol–water partition coefficient (Wildman–Crippen LogP) is 3.64. The Hall–Kier alpha value is -1.09. The van der Waals surface area contributed by atoms with Crippen LogP contribution in [0.5, 0.6) is 0 Å². The molecule has 0 radical (unpaired) electrons. The summed E-state index contributed by atoms with van der Waals surface area (Å²) in [6.07, 6.45) is 10.7. The zero-order chi connectivity index (χ0) is 16.6. The van der Waals surface area contributed by atoms with Gasteiger partial charge in [-0.2, -0.15) is 0 Å².